The van der Waals surface area contributed by atoms with Crippen molar-refractivity contribution in [2.24, 2.45) is 0 Å². The molecule has 1 fully saturated rings. The lowest BCUT2D eigenvalue weighted by Gasteiger charge is -2.35. The summed E-state index contributed by atoms with van der Waals surface area (Å²) in [5.74, 6) is 0. The predicted molar refractivity (Wildman–Crippen MR) is 65.7 cm³/mol. The van der Waals surface area contributed by atoms with Crippen LogP contribution in [0.5, 0.6) is 0 Å². The summed E-state index contributed by atoms with van der Waals surface area (Å²) in [5.41, 5.74) is -0.0316. The largest absolute Gasteiger partial charge is 0.416 e. The van der Waals surface area contributed by atoms with Gasteiger partial charge in [0.05, 0.1) is 18.2 Å². The van der Waals surface area contributed by atoms with Crippen LogP contribution in [0.1, 0.15) is 5.56 Å². The minimum Gasteiger partial charge on any atom is -0.369 e. The molecule has 6 heteroatoms. The van der Waals surface area contributed by atoms with E-state index in [0.29, 0.717) is 38.4 Å². The zero-order chi connectivity index (χ0) is 13.9. The number of anilines is 1. The lowest BCUT2D eigenvalue weighted by atomic mass is 10.1. The van der Waals surface area contributed by atoms with Gasteiger partial charge in [-0.05, 0) is 18.2 Å². The van der Waals surface area contributed by atoms with Gasteiger partial charge in [0, 0.05) is 31.9 Å². The van der Waals surface area contributed by atoms with Crippen LogP contribution in [0.15, 0.2) is 24.3 Å². The molecule has 0 radical (unpaired) electrons. The van der Waals surface area contributed by atoms with Crippen molar-refractivity contribution in [2.45, 2.75) is 6.18 Å². The third-order valence-corrected chi connectivity index (χ3v) is 3.21. The summed E-state index contributed by atoms with van der Waals surface area (Å²) in [7, 11) is 0. The van der Waals surface area contributed by atoms with Crippen LogP contribution in [0.25, 0.3) is 0 Å². The molecule has 0 unspecified atom stereocenters. The fourth-order valence-corrected chi connectivity index (χ4v) is 2.14. The van der Waals surface area contributed by atoms with E-state index >= 15 is 0 Å². The van der Waals surface area contributed by atoms with Gasteiger partial charge in [0.1, 0.15) is 0 Å². The van der Waals surface area contributed by atoms with Crippen LogP contribution in [0.3, 0.4) is 0 Å². The Kier molecular flexibility index (Phi) is 3.96. The van der Waals surface area contributed by atoms with Gasteiger partial charge in [0.2, 0.25) is 0 Å². The van der Waals surface area contributed by atoms with Gasteiger partial charge in [-0.3, -0.25) is 4.90 Å². The monoisotopic (exact) mass is 269 g/mol. The van der Waals surface area contributed by atoms with Crippen LogP contribution in [0.2, 0.25) is 0 Å². The maximum atomic E-state index is 12.6. The van der Waals surface area contributed by atoms with Crippen molar-refractivity contribution < 1.29 is 13.2 Å². The van der Waals surface area contributed by atoms with Gasteiger partial charge >= 0.3 is 6.18 Å². The predicted octanol–water partition coefficient (Wildman–Crippen LogP) is 2.35. The smallest absolute Gasteiger partial charge is 0.369 e. The molecule has 2 rings (SSSR count). The topological polar surface area (TPSA) is 30.3 Å². The number of nitrogens with zero attached hydrogens (tertiary/aromatic N) is 3. The number of benzene rings is 1. The van der Waals surface area contributed by atoms with Crippen molar-refractivity contribution in [3.05, 3.63) is 29.8 Å². The zero-order valence-corrected chi connectivity index (χ0v) is 10.3. The molecule has 0 amide bonds. The Bertz CT molecular complexity index is 471. The standard InChI is InChI=1S/C13H14F3N3/c14-13(15,16)11-2-1-3-12(10-11)19-8-6-18(5-4-17)7-9-19/h1-3,10H,5-9H2. The Morgan fingerprint density at radius 2 is 1.84 bits per heavy atom. The van der Waals surface area contributed by atoms with Gasteiger partial charge in [-0.15, -0.1) is 0 Å². The number of halogens is 3. The van der Waals surface area contributed by atoms with Gasteiger partial charge in [0.25, 0.3) is 0 Å². The molecule has 102 valence electrons. The van der Waals surface area contributed by atoms with Crippen molar-refractivity contribution in [1.29, 1.82) is 5.26 Å². The summed E-state index contributed by atoms with van der Waals surface area (Å²) in [6.07, 6.45) is -4.31. The first-order chi connectivity index (χ1) is 9.00. The van der Waals surface area contributed by atoms with E-state index < -0.39 is 11.7 Å². The molecule has 1 aromatic rings. The fraction of sp³-hybridized carbons (Fsp3) is 0.462. The first kappa shape index (κ1) is 13.7. The van der Waals surface area contributed by atoms with Crippen molar-refractivity contribution in [1.82, 2.24) is 4.90 Å². The van der Waals surface area contributed by atoms with Crippen LogP contribution >= 0.6 is 0 Å². The van der Waals surface area contributed by atoms with Crippen LogP contribution in [-0.2, 0) is 6.18 Å². The molecule has 0 aromatic heterocycles. The lowest BCUT2D eigenvalue weighted by molar-refractivity contribution is -0.137. The summed E-state index contributed by atoms with van der Waals surface area (Å²) >= 11 is 0. The highest BCUT2D eigenvalue weighted by molar-refractivity contribution is 5.49. The number of alkyl halides is 3. The Morgan fingerprint density at radius 1 is 1.16 bits per heavy atom. The average molecular weight is 269 g/mol. The lowest BCUT2D eigenvalue weighted by Crippen LogP contribution is -2.46. The summed E-state index contributed by atoms with van der Waals surface area (Å²) in [6.45, 7) is 3.05. The van der Waals surface area contributed by atoms with Gasteiger partial charge < -0.3 is 4.90 Å². The Labute approximate surface area is 109 Å². The van der Waals surface area contributed by atoms with E-state index in [1.165, 1.54) is 12.1 Å². The number of hydrogen-bond acceptors (Lipinski definition) is 3. The third kappa shape index (κ3) is 3.38. The zero-order valence-electron chi connectivity index (χ0n) is 10.3. The molecule has 3 nitrogen and oxygen atoms in total. The quantitative estimate of drug-likeness (QED) is 0.772. The summed E-state index contributed by atoms with van der Waals surface area (Å²) in [4.78, 5) is 3.91. The molecule has 1 aliphatic rings. The third-order valence-electron chi connectivity index (χ3n) is 3.21. The van der Waals surface area contributed by atoms with E-state index in [2.05, 4.69) is 6.07 Å². The van der Waals surface area contributed by atoms with Crippen molar-refractivity contribution in [3.63, 3.8) is 0 Å². The molecule has 0 atom stereocenters. The van der Waals surface area contributed by atoms with Crippen molar-refractivity contribution in [3.8, 4) is 6.07 Å². The van der Waals surface area contributed by atoms with E-state index in [4.69, 9.17) is 5.26 Å². The number of piperazine rings is 1. The van der Waals surface area contributed by atoms with E-state index in [1.807, 2.05) is 9.80 Å². The highest BCUT2D eigenvalue weighted by Gasteiger charge is 2.31. The number of rotatable bonds is 2. The van der Waals surface area contributed by atoms with Gasteiger partial charge in [0.15, 0.2) is 0 Å². The molecule has 1 saturated heterocycles. The van der Waals surface area contributed by atoms with Crippen LogP contribution in [-0.4, -0.2) is 37.6 Å². The van der Waals surface area contributed by atoms with Gasteiger partial charge in [-0.1, -0.05) is 6.07 Å². The molecule has 0 bridgehead atoms. The first-order valence-electron chi connectivity index (χ1n) is 6.02. The summed E-state index contributed by atoms with van der Waals surface area (Å²) in [6, 6.07) is 7.46. The molecule has 0 spiro atoms. The minimum atomic E-state index is -4.31. The highest BCUT2D eigenvalue weighted by atomic mass is 19.4. The molecule has 1 heterocycles. The van der Waals surface area contributed by atoms with Crippen LogP contribution in [0.4, 0.5) is 18.9 Å². The second-order valence-electron chi connectivity index (χ2n) is 4.47. The molecule has 19 heavy (non-hydrogen) atoms. The van der Waals surface area contributed by atoms with Crippen molar-refractivity contribution in [2.75, 3.05) is 37.6 Å². The molecule has 0 saturated carbocycles. The van der Waals surface area contributed by atoms with Gasteiger partial charge in [-0.25, -0.2) is 0 Å². The second-order valence-corrected chi connectivity index (χ2v) is 4.47. The maximum absolute atomic E-state index is 12.6. The molecule has 1 aliphatic heterocycles. The second kappa shape index (κ2) is 5.49. The Hall–Kier alpha value is -1.74. The first-order valence-corrected chi connectivity index (χ1v) is 6.02. The van der Waals surface area contributed by atoms with Crippen LogP contribution < -0.4 is 4.90 Å². The number of hydrogen-bond donors (Lipinski definition) is 0. The molecule has 0 aliphatic carbocycles. The average Bonchev–Trinajstić information content (AvgIpc) is 2.39. The van der Waals surface area contributed by atoms with Crippen LogP contribution in [0, 0.1) is 11.3 Å². The molecule has 0 N–H and O–H groups in total. The minimum absolute atomic E-state index is 0.371. The SMILES string of the molecule is N#CCN1CCN(c2cccc(C(F)(F)F)c2)CC1. The highest BCUT2D eigenvalue weighted by Crippen LogP contribution is 2.31. The van der Waals surface area contributed by atoms with Crippen molar-refractivity contribution >= 4 is 5.69 Å². The van der Waals surface area contributed by atoms with E-state index in [9.17, 15) is 13.2 Å². The van der Waals surface area contributed by atoms with E-state index in [-0.39, 0.29) is 0 Å². The maximum Gasteiger partial charge on any atom is 0.416 e. The normalized spacial score (nSPS) is 17.3. The fourth-order valence-electron chi connectivity index (χ4n) is 2.14. The summed E-state index contributed by atoms with van der Waals surface area (Å²) in [5, 5.41) is 8.60. The Morgan fingerprint density at radius 3 is 2.42 bits per heavy atom. The Balaban J connectivity index is 2.06. The molecule has 1 aromatic carbocycles. The summed E-state index contributed by atoms with van der Waals surface area (Å²) < 4.78 is 37.9. The van der Waals surface area contributed by atoms with Gasteiger partial charge in [-0.2, -0.15) is 18.4 Å². The van der Waals surface area contributed by atoms with E-state index in [1.54, 1.807) is 6.07 Å². The molecular formula is C13H14F3N3. The van der Waals surface area contributed by atoms with E-state index in [0.717, 1.165) is 6.07 Å². The number of nitriles is 1. The molecular weight excluding hydrogens is 255 g/mol.